The van der Waals surface area contributed by atoms with Crippen molar-refractivity contribution in [1.82, 2.24) is 15.5 Å². The van der Waals surface area contributed by atoms with Gasteiger partial charge in [0.15, 0.2) is 11.9 Å². The average Bonchev–Trinajstić information content (AvgIpc) is 2.54. The largest absolute Gasteiger partial charge is 0.463 e. The van der Waals surface area contributed by atoms with E-state index in [-0.39, 0.29) is 11.9 Å². The van der Waals surface area contributed by atoms with Crippen molar-refractivity contribution in [2.45, 2.75) is 26.3 Å². The predicted molar refractivity (Wildman–Crippen MR) is 88.4 cm³/mol. The second kappa shape index (κ2) is 8.36. The first-order valence-electron chi connectivity index (χ1n) is 7.79. The Balaban J connectivity index is 1.74. The molecular formula is C16H24FN5O. The molecule has 1 atom stereocenters. The Bertz CT molecular complexity index is 534. The number of nitrogens with zero attached hydrogens (tertiary/aromatic N) is 1. The monoisotopic (exact) mass is 321 g/mol. The number of guanidine groups is 2. The van der Waals surface area contributed by atoms with E-state index >= 15 is 0 Å². The SMILES string of the molecule is CC1CCCN(C(=N)NC(=N)NCc2ccc(OCF)cc2)C1. The molecule has 1 aromatic rings. The molecule has 1 unspecified atom stereocenters. The number of piperidine rings is 1. The van der Waals surface area contributed by atoms with Crippen molar-refractivity contribution >= 4 is 11.9 Å². The normalized spacial score (nSPS) is 17.5. The van der Waals surface area contributed by atoms with E-state index in [1.807, 2.05) is 17.0 Å². The third-order valence-electron chi connectivity index (χ3n) is 3.83. The molecule has 0 bridgehead atoms. The molecule has 1 heterocycles. The highest BCUT2D eigenvalue weighted by atomic mass is 19.1. The van der Waals surface area contributed by atoms with Gasteiger partial charge in [-0.2, -0.15) is 0 Å². The van der Waals surface area contributed by atoms with Gasteiger partial charge in [0.2, 0.25) is 6.86 Å². The van der Waals surface area contributed by atoms with E-state index in [0.717, 1.165) is 25.1 Å². The summed E-state index contributed by atoms with van der Waals surface area (Å²) in [5.41, 5.74) is 0.945. The zero-order valence-electron chi connectivity index (χ0n) is 13.4. The minimum atomic E-state index is -0.844. The molecule has 2 rings (SSSR count). The van der Waals surface area contributed by atoms with Crippen molar-refractivity contribution in [2.24, 2.45) is 5.92 Å². The van der Waals surface area contributed by atoms with Crippen LogP contribution in [0.5, 0.6) is 5.75 Å². The summed E-state index contributed by atoms with van der Waals surface area (Å²) < 4.78 is 16.8. The molecular weight excluding hydrogens is 297 g/mol. The third kappa shape index (κ3) is 5.43. The number of likely N-dealkylation sites (tertiary alicyclic amines) is 1. The Labute approximate surface area is 136 Å². The molecule has 4 N–H and O–H groups in total. The van der Waals surface area contributed by atoms with Gasteiger partial charge in [0.1, 0.15) is 5.75 Å². The summed E-state index contributed by atoms with van der Waals surface area (Å²) in [5.74, 6) is 1.42. The molecule has 0 spiro atoms. The number of nitrogens with one attached hydrogen (secondary N) is 4. The van der Waals surface area contributed by atoms with Crippen LogP contribution < -0.4 is 15.4 Å². The van der Waals surface area contributed by atoms with E-state index in [1.165, 1.54) is 6.42 Å². The maximum Gasteiger partial charge on any atom is 0.228 e. The first-order chi connectivity index (χ1) is 11.1. The van der Waals surface area contributed by atoms with Crippen molar-refractivity contribution in [3.8, 4) is 5.75 Å². The summed E-state index contributed by atoms with van der Waals surface area (Å²) in [6.07, 6.45) is 2.28. The lowest BCUT2D eigenvalue weighted by atomic mass is 10.0. The fourth-order valence-corrected chi connectivity index (χ4v) is 2.59. The van der Waals surface area contributed by atoms with Crippen LogP contribution in [0.3, 0.4) is 0 Å². The van der Waals surface area contributed by atoms with Gasteiger partial charge in [-0.25, -0.2) is 4.39 Å². The summed E-state index contributed by atoms with van der Waals surface area (Å²) in [5, 5.41) is 21.6. The lowest BCUT2D eigenvalue weighted by molar-refractivity contribution is 0.191. The second-order valence-corrected chi connectivity index (χ2v) is 5.79. The van der Waals surface area contributed by atoms with Crippen LogP contribution in [0.25, 0.3) is 0 Å². The van der Waals surface area contributed by atoms with E-state index in [0.29, 0.717) is 18.2 Å². The summed E-state index contributed by atoms with van der Waals surface area (Å²) in [4.78, 5) is 1.97. The van der Waals surface area contributed by atoms with Gasteiger partial charge in [0.25, 0.3) is 0 Å². The second-order valence-electron chi connectivity index (χ2n) is 5.79. The molecule has 1 aliphatic rings. The summed E-state index contributed by atoms with van der Waals surface area (Å²) >= 11 is 0. The maximum absolute atomic E-state index is 12.0. The van der Waals surface area contributed by atoms with Gasteiger partial charge in [0.05, 0.1) is 0 Å². The summed E-state index contributed by atoms with van der Waals surface area (Å²) in [6, 6.07) is 6.99. The molecule has 1 aromatic carbocycles. The van der Waals surface area contributed by atoms with Crippen molar-refractivity contribution in [3.63, 3.8) is 0 Å². The van der Waals surface area contributed by atoms with Crippen molar-refractivity contribution in [1.29, 1.82) is 10.8 Å². The van der Waals surface area contributed by atoms with Gasteiger partial charge in [-0.05, 0) is 36.5 Å². The molecule has 6 nitrogen and oxygen atoms in total. The van der Waals surface area contributed by atoms with Crippen LogP contribution in [-0.4, -0.2) is 36.8 Å². The molecule has 1 saturated heterocycles. The third-order valence-corrected chi connectivity index (χ3v) is 3.83. The molecule has 0 aromatic heterocycles. The molecule has 1 aliphatic heterocycles. The Morgan fingerprint density at radius 3 is 2.74 bits per heavy atom. The number of rotatable bonds is 4. The molecule has 0 aliphatic carbocycles. The smallest absolute Gasteiger partial charge is 0.228 e. The van der Waals surface area contributed by atoms with Gasteiger partial charge in [-0.1, -0.05) is 19.1 Å². The number of ether oxygens (including phenoxy) is 1. The zero-order chi connectivity index (χ0) is 16.7. The van der Waals surface area contributed by atoms with E-state index < -0.39 is 6.86 Å². The number of hydrogen-bond donors (Lipinski definition) is 4. The van der Waals surface area contributed by atoms with Crippen molar-refractivity contribution < 1.29 is 9.13 Å². The van der Waals surface area contributed by atoms with Crippen LogP contribution in [0, 0.1) is 16.7 Å². The van der Waals surface area contributed by atoms with Crippen LogP contribution in [0.4, 0.5) is 4.39 Å². The number of hydrogen-bond acceptors (Lipinski definition) is 3. The van der Waals surface area contributed by atoms with Crippen LogP contribution in [-0.2, 0) is 6.54 Å². The number of benzene rings is 1. The zero-order valence-corrected chi connectivity index (χ0v) is 13.4. The fourth-order valence-electron chi connectivity index (χ4n) is 2.59. The number of halogens is 1. The van der Waals surface area contributed by atoms with Gasteiger partial charge >= 0.3 is 0 Å². The predicted octanol–water partition coefficient (Wildman–Crippen LogP) is 2.27. The highest BCUT2D eigenvalue weighted by Gasteiger charge is 2.19. The first kappa shape index (κ1) is 17.1. The van der Waals surface area contributed by atoms with Crippen molar-refractivity contribution in [3.05, 3.63) is 29.8 Å². The van der Waals surface area contributed by atoms with E-state index in [2.05, 4.69) is 17.6 Å². The van der Waals surface area contributed by atoms with Crippen LogP contribution >= 0.6 is 0 Å². The van der Waals surface area contributed by atoms with Crippen LogP contribution in [0.1, 0.15) is 25.3 Å². The molecule has 1 fully saturated rings. The molecule has 7 heteroatoms. The molecule has 0 saturated carbocycles. The van der Waals surface area contributed by atoms with E-state index in [1.54, 1.807) is 12.1 Å². The standard InChI is InChI=1S/C16H24FN5O/c1-12-3-2-8-22(10-12)16(19)21-15(18)20-9-13-4-6-14(7-5-13)23-11-17/h4-7,12H,2-3,8-11H2,1H3,(H4,18,19,20,21). The molecule has 126 valence electrons. The lowest BCUT2D eigenvalue weighted by Crippen LogP contribution is -2.50. The Morgan fingerprint density at radius 1 is 1.35 bits per heavy atom. The van der Waals surface area contributed by atoms with Crippen LogP contribution in [0.2, 0.25) is 0 Å². The molecule has 0 amide bonds. The first-order valence-corrected chi connectivity index (χ1v) is 7.79. The Hall–Kier alpha value is -2.31. The summed E-state index contributed by atoms with van der Waals surface area (Å²) in [7, 11) is 0. The topological polar surface area (TPSA) is 84.2 Å². The maximum atomic E-state index is 12.0. The Kier molecular flexibility index (Phi) is 6.19. The lowest BCUT2D eigenvalue weighted by Gasteiger charge is -2.32. The quantitative estimate of drug-likeness (QED) is 0.506. The summed E-state index contributed by atoms with van der Waals surface area (Å²) in [6.45, 7) is 3.50. The fraction of sp³-hybridized carbons (Fsp3) is 0.500. The Morgan fingerprint density at radius 2 is 2.09 bits per heavy atom. The van der Waals surface area contributed by atoms with Crippen molar-refractivity contribution in [2.75, 3.05) is 20.0 Å². The minimum absolute atomic E-state index is 0.0947. The molecule has 23 heavy (non-hydrogen) atoms. The van der Waals surface area contributed by atoms with E-state index in [4.69, 9.17) is 15.6 Å². The number of alkyl halides is 1. The molecule has 0 radical (unpaired) electrons. The van der Waals surface area contributed by atoms with Gasteiger partial charge in [0, 0.05) is 19.6 Å². The minimum Gasteiger partial charge on any atom is -0.463 e. The average molecular weight is 321 g/mol. The van der Waals surface area contributed by atoms with Gasteiger partial charge < -0.3 is 15.0 Å². The van der Waals surface area contributed by atoms with Gasteiger partial charge in [-0.15, -0.1) is 0 Å². The highest BCUT2D eigenvalue weighted by molar-refractivity contribution is 5.95. The van der Waals surface area contributed by atoms with Gasteiger partial charge in [-0.3, -0.25) is 16.1 Å². The highest BCUT2D eigenvalue weighted by Crippen LogP contribution is 2.15. The van der Waals surface area contributed by atoms with Crippen LogP contribution in [0.15, 0.2) is 24.3 Å². The van der Waals surface area contributed by atoms with E-state index in [9.17, 15) is 4.39 Å².